The number of quaternary nitrogens is 1. The van der Waals surface area contributed by atoms with E-state index in [1.54, 1.807) is 0 Å². The Hall–Kier alpha value is -1.28. The predicted molar refractivity (Wildman–Crippen MR) is 217 cm³/mol. The number of carbonyl (C=O) groups excluding carboxylic acids is 1. The second-order valence-corrected chi connectivity index (χ2v) is 16.8. The molecule has 0 fully saturated rings. The van der Waals surface area contributed by atoms with Crippen molar-refractivity contribution in [3.05, 3.63) is 36.5 Å². The molecule has 306 valence electrons. The van der Waals surface area contributed by atoms with Gasteiger partial charge in [0.25, 0.3) is 7.82 Å². The quantitative estimate of drug-likeness (QED) is 0.0203. The first-order valence-electron chi connectivity index (χ1n) is 21.2. The van der Waals surface area contributed by atoms with E-state index in [9.17, 15) is 14.3 Å². The maximum atomic E-state index is 12.5. The predicted octanol–water partition coefficient (Wildman–Crippen LogP) is 11.6. The van der Waals surface area contributed by atoms with E-state index in [1.807, 2.05) is 21.1 Å². The highest BCUT2D eigenvalue weighted by Gasteiger charge is 2.20. The van der Waals surface area contributed by atoms with Crippen LogP contribution in [0.4, 0.5) is 0 Å². The van der Waals surface area contributed by atoms with Crippen LogP contribution in [0, 0.1) is 0 Å². The summed E-state index contributed by atoms with van der Waals surface area (Å²) in [6.07, 6.45) is 41.9. The molecule has 0 radical (unpaired) electrons. The molecule has 0 aliphatic rings. The maximum absolute atomic E-state index is 12.5. The first kappa shape index (κ1) is 50.7. The summed E-state index contributed by atoms with van der Waals surface area (Å²) in [6.45, 7) is 5.32. The van der Waals surface area contributed by atoms with E-state index in [4.69, 9.17) is 18.5 Å². The molecule has 0 bridgehead atoms. The molecule has 52 heavy (non-hydrogen) atoms. The standard InChI is InChI=1S/C43H82NO7P/c1-6-8-10-12-14-15-16-17-18-19-20-21-22-23-24-25-26-27-28-29-30-31-33-35-38-48-40-42(51-43(45)36-34-32-13-11-9-7-2)41-50-52(46,47)49-39-37-44(3,4)5/h16-17,19-20,22-23,42H,6-15,18,21,24-41H2,1-5H3/b17-16-,20-19-,23-22-. The average Bonchev–Trinajstić information content (AvgIpc) is 3.09. The van der Waals surface area contributed by atoms with E-state index in [0.29, 0.717) is 24.1 Å². The van der Waals surface area contributed by atoms with Gasteiger partial charge in [-0.15, -0.1) is 0 Å². The van der Waals surface area contributed by atoms with Crippen LogP contribution in [0.1, 0.15) is 174 Å². The molecule has 0 aromatic heterocycles. The minimum Gasteiger partial charge on any atom is -0.756 e. The highest BCUT2D eigenvalue weighted by atomic mass is 31.2. The summed E-state index contributed by atoms with van der Waals surface area (Å²) in [6, 6.07) is 0. The molecule has 0 aliphatic heterocycles. The van der Waals surface area contributed by atoms with Crippen LogP contribution in [-0.4, -0.2) is 70.7 Å². The second kappa shape index (κ2) is 36.7. The largest absolute Gasteiger partial charge is 0.756 e. The molecule has 0 N–H and O–H groups in total. The third-order valence-electron chi connectivity index (χ3n) is 8.94. The van der Waals surface area contributed by atoms with Gasteiger partial charge in [0, 0.05) is 13.0 Å². The molecule has 8 nitrogen and oxygen atoms in total. The normalized spacial score (nSPS) is 14.2. The number of unbranched alkanes of at least 4 members (excludes halogenated alkanes) is 19. The zero-order valence-corrected chi connectivity index (χ0v) is 35.4. The number of carbonyl (C=O) groups is 1. The molecule has 0 spiro atoms. The van der Waals surface area contributed by atoms with Crippen molar-refractivity contribution in [3.63, 3.8) is 0 Å². The van der Waals surface area contributed by atoms with Crippen molar-refractivity contribution >= 4 is 13.8 Å². The van der Waals surface area contributed by atoms with Gasteiger partial charge in [-0.05, 0) is 51.4 Å². The molecule has 0 aromatic rings. The van der Waals surface area contributed by atoms with E-state index in [2.05, 4.69) is 50.3 Å². The third kappa shape index (κ3) is 39.9. The molecule has 0 rings (SSSR count). The molecule has 0 saturated heterocycles. The van der Waals surface area contributed by atoms with Crippen LogP contribution in [0.2, 0.25) is 0 Å². The van der Waals surface area contributed by atoms with Gasteiger partial charge in [-0.1, -0.05) is 153 Å². The van der Waals surface area contributed by atoms with Crippen LogP contribution in [-0.2, 0) is 27.9 Å². The third-order valence-corrected chi connectivity index (χ3v) is 9.91. The van der Waals surface area contributed by atoms with Gasteiger partial charge < -0.3 is 27.9 Å². The van der Waals surface area contributed by atoms with Crippen molar-refractivity contribution in [1.29, 1.82) is 0 Å². The molecule has 0 heterocycles. The molecule has 2 unspecified atom stereocenters. The molecule has 0 aliphatic carbocycles. The van der Waals surface area contributed by atoms with E-state index in [-0.39, 0.29) is 25.8 Å². The highest BCUT2D eigenvalue weighted by molar-refractivity contribution is 7.45. The van der Waals surface area contributed by atoms with Gasteiger partial charge in [0.2, 0.25) is 0 Å². The second-order valence-electron chi connectivity index (χ2n) is 15.4. The maximum Gasteiger partial charge on any atom is 0.306 e. The Labute approximate surface area is 321 Å². The Morgan fingerprint density at radius 3 is 1.58 bits per heavy atom. The fraction of sp³-hybridized carbons (Fsp3) is 0.837. The smallest absolute Gasteiger partial charge is 0.306 e. The number of ether oxygens (including phenoxy) is 2. The van der Waals surface area contributed by atoms with E-state index in [1.165, 1.54) is 109 Å². The highest BCUT2D eigenvalue weighted by Crippen LogP contribution is 2.38. The minimum atomic E-state index is -4.51. The lowest BCUT2D eigenvalue weighted by atomic mass is 10.1. The Bertz CT molecular complexity index is 931. The SMILES string of the molecule is CCCCCCC/C=C\C/C=C\C/C=C\CCCCCCCCCCCOCC(COP(=O)([O-])OCC[N+](C)(C)C)OC(=O)CCCCCCCC. The number of hydrogen-bond acceptors (Lipinski definition) is 7. The van der Waals surface area contributed by atoms with Crippen molar-refractivity contribution in [2.45, 2.75) is 180 Å². The van der Waals surface area contributed by atoms with Crippen molar-refractivity contribution in [2.24, 2.45) is 0 Å². The fourth-order valence-electron chi connectivity index (χ4n) is 5.61. The Balaban J connectivity index is 4.01. The lowest BCUT2D eigenvalue weighted by Crippen LogP contribution is -2.37. The lowest BCUT2D eigenvalue weighted by molar-refractivity contribution is -0.870. The van der Waals surface area contributed by atoms with Crippen LogP contribution in [0.3, 0.4) is 0 Å². The van der Waals surface area contributed by atoms with Gasteiger partial charge in [-0.2, -0.15) is 0 Å². The summed E-state index contributed by atoms with van der Waals surface area (Å²) < 4.78 is 34.3. The summed E-state index contributed by atoms with van der Waals surface area (Å²) in [4.78, 5) is 24.8. The zero-order chi connectivity index (χ0) is 38.4. The monoisotopic (exact) mass is 756 g/mol. The molecule has 9 heteroatoms. The van der Waals surface area contributed by atoms with Crippen LogP contribution in [0.25, 0.3) is 0 Å². The number of phosphoric acid groups is 1. The first-order chi connectivity index (χ1) is 25.1. The Morgan fingerprint density at radius 2 is 1.06 bits per heavy atom. The van der Waals surface area contributed by atoms with Crippen molar-refractivity contribution < 1.29 is 37.3 Å². The van der Waals surface area contributed by atoms with Gasteiger partial charge in [-0.3, -0.25) is 9.36 Å². The number of likely N-dealkylation sites (N-methyl/N-ethyl adjacent to an activating group) is 1. The number of rotatable bonds is 39. The summed E-state index contributed by atoms with van der Waals surface area (Å²) in [5, 5.41) is 0. The number of hydrogen-bond donors (Lipinski definition) is 0. The average molecular weight is 756 g/mol. The number of phosphoric ester groups is 1. The topological polar surface area (TPSA) is 94.1 Å². The fourth-order valence-corrected chi connectivity index (χ4v) is 6.34. The summed E-state index contributed by atoms with van der Waals surface area (Å²) >= 11 is 0. The van der Waals surface area contributed by atoms with Gasteiger partial charge in [0.15, 0.2) is 0 Å². The molecule has 0 aromatic carbocycles. The molecule has 0 amide bonds. The number of allylic oxidation sites excluding steroid dienone is 6. The molecule has 2 atom stereocenters. The summed E-state index contributed by atoms with van der Waals surface area (Å²) in [5.41, 5.74) is 0. The van der Waals surface area contributed by atoms with Crippen LogP contribution in [0.15, 0.2) is 36.5 Å². The number of esters is 1. The first-order valence-corrected chi connectivity index (χ1v) is 22.7. The summed E-state index contributed by atoms with van der Waals surface area (Å²) in [7, 11) is 1.35. The van der Waals surface area contributed by atoms with E-state index in [0.717, 1.165) is 44.9 Å². The zero-order valence-electron chi connectivity index (χ0n) is 34.5. The van der Waals surface area contributed by atoms with Crippen molar-refractivity contribution in [1.82, 2.24) is 0 Å². The van der Waals surface area contributed by atoms with Gasteiger partial charge in [0.05, 0.1) is 34.4 Å². The summed E-state index contributed by atoms with van der Waals surface area (Å²) in [5.74, 6) is -0.346. The van der Waals surface area contributed by atoms with E-state index < -0.39 is 13.9 Å². The van der Waals surface area contributed by atoms with Gasteiger partial charge in [-0.25, -0.2) is 0 Å². The van der Waals surface area contributed by atoms with Crippen LogP contribution >= 0.6 is 7.82 Å². The molecular formula is C43H82NO7P. The Morgan fingerprint density at radius 1 is 0.596 bits per heavy atom. The molecular weight excluding hydrogens is 673 g/mol. The van der Waals surface area contributed by atoms with E-state index >= 15 is 0 Å². The van der Waals surface area contributed by atoms with Crippen LogP contribution in [0.5, 0.6) is 0 Å². The Kier molecular flexibility index (Phi) is 35.8. The molecule has 0 saturated carbocycles. The van der Waals surface area contributed by atoms with Crippen molar-refractivity contribution in [2.75, 3.05) is 54.1 Å². The minimum absolute atomic E-state index is 0.0250. The van der Waals surface area contributed by atoms with Gasteiger partial charge in [0.1, 0.15) is 19.3 Å². The van der Waals surface area contributed by atoms with Gasteiger partial charge >= 0.3 is 5.97 Å². The lowest BCUT2D eigenvalue weighted by Gasteiger charge is -2.28. The van der Waals surface area contributed by atoms with Crippen molar-refractivity contribution in [3.8, 4) is 0 Å². The van der Waals surface area contributed by atoms with Crippen LogP contribution < -0.4 is 4.89 Å². The number of nitrogens with zero attached hydrogens (tertiary/aromatic N) is 1.